The third kappa shape index (κ3) is 6.40. The van der Waals surface area contributed by atoms with Crippen molar-refractivity contribution in [2.24, 2.45) is 0 Å². The van der Waals surface area contributed by atoms with E-state index < -0.39 is 28.0 Å². The smallest absolute Gasteiger partial charge is 0.400 e. The highest BCUT2D eigenvalue weighted by Crippen LogP contribution is 2.47. The zero-order valence-corrected chi connectivity index (χ0v) is 22.0. The summed E-state index contributed by atoms with van der Waals surface area (Å²) in [5, 5.41) is -4.85. The Kier molecular flexibility index (Phi) is 9.29. The molecule has 0 aliphatic heterocycles. The van der Waals surface area contributed by atoms with Crippen LogP contribution < -0.4 is 4.74 Å². The van der Waals surface area contributed by atoms with E-state index in [2.05, 4.69) is 12.1 Å². The first-order chi connectivity index (χ1) is 17.2. The van der Waals surface area contributed by atoms with Crippen molar-refractivity contribution >= 4 is 10.1 Å². The summed E-state index contributed by atoms with van der Waals surface area (Å²) in [6.07, 6.45) is 13.5. The Bertz CT molecular complexity index is 924. The maximum absolute atomic E-state index is 14.2. The van der Waals surface area contributed by atoms with Crippen LogP contribution in [0.1, 0.15) is 137 Å². The highest BCUT2D eigenvalue weighted by molar-refractivity contribution is 7.86. The van der Waals surface area contributed by atoms with E-state index in [-0.39, 0.29) is 6.61 Å². The molecule has 0 amide bonds. The first kappa shape index (κ1) is 27.7. The molecule has 204 valence electrons. The van der Waals surface area contributed by atoms with Gasteiger partial charge in [-0.25, -0.2) is 4.39 Å². The molecule has 4 nitrogen and oxygen atoms in total. The lowest BCUT2D eigenvalue weighted by Gasteiger charge is -2.32. The van der Waals surface area contributed by atoms with Crippen molar-refractivity contribution in [3.63, 3.8) is 0 Å². The molecule has 3 aliphatic carbocycles. The molecule has 3 saturated carbocycles. The lowest BCUT2D eigenvalue weighted by molar-refractivity contribution is -0.0112. The lowest BCUT2D eigenvalue weighted by atomic mass is 9.75. The van der Waals surface area contributed by atoms with Gasteiger partial charge in [-0.05, 0) is 73.0 Å². The zero-order valence-electron chi connectivity index (χ0n) is 21.2. The Morgan fingerprint density at radius 1 is 0.806 bits per heavy atom. The van der Waals surface area contributed by atoms with Crippen LogP contribution in [0.5, 0.6) is 5.75 Å². The molecule has 1 unspecified atom stereocenters. The van der Waals surface area contributed by atoms with Crippen molar-refractivity contribution in [3.05, 3.63) is 28.8 Å². The van der Waals surface area contributed by atoms with Gasteiger partial charge in [-0.2, -0.15) is 17.2 Å². The van der Waals surface area contributed by atoms with Crippen molar-refractivity contribution in [1.29, 1.82) is 0 Å². The fourth-order valence-electron chi connectivity index (χ4n) is 6.56. The molecule has 3 fully saturated rings. The van der Waals surface area contributed by atoms with E-state index in [4.69, 9.17) is 9.29 Å². The largest absolute Gasteiger partial charge is 0.493 e. The van der Waals surface area contributed by atoms with Crippen LogP contribution in [-0.2, 0) is 10.1 Å². The Morgan fingerprint density at radius 3 is 1.64 bits per heavy atom. The minimum Gasteiger partial charge on any atom is -0.493 e. The standard InChI is InChI=1S/C28H41F3O4S/c29-26(28(30,31)36(32,33)34)16-17-35-27-24(21-12-6-2-7-13-21)18-23(20-10-4-1-5-11-20)19-25(27)22-14-8-3-9-15-22/h18-22,26H,1-17H2,(H,32,33,34). The summed E-state index contributed by atoms with van der Waals surface area (Å²) >= 11 is 0. The molecule has 8 heteroatoms. The van der Waals surface area contributed by atoms with Crippen LogP contribution in [0.2, 0.25) is 0 Å². The number of hydrogen-bond acceptors (Lipinski definition) is 3. The van der Waals surface area contributed by atoms with Gasteiger partial charge in [0.05, 0.1) is 6.61 Å². The first-order valence-electron chi connectivity index (χ1n) is 14.0. The fourth-order valence-corrected chi connectivity index (χ4v) is 7.01. The van der Waals surface area contributed by atoms with E-state index in [9.17, 15) is 21.6 Å². The Hall–Kier alpha value is -1.28. The third-order valence-electron chi connectivity index (χ3n) is 8.66. The van der Waals surface area contributed by atoms with Crippen LogP contribution in [0.3, 0.4) is 0 Å². The van der Waals surface area contributed by atoms with E-state index in [1.165, 1.54) is 50.5 Å². The number of halogens is 3. The van der Waals surface area contributed by atoms with E-state index in [1.54, 1.807) is 0 Å². The lowest BCUT2D eigenvalue weighted by Crippen LogP contribution is -2.39. The summed E-state index contributed by atoms with van der Waals surface area (Å²) in [4.78, 5) is 0. The maximum Gasteiger partial charge on any atom is 0.400 e. The summed E-state index contributed by atoms with van der Waals surface area (Å²) in [6.45, 7) is -0.367. The second kappa shape index (κ2) is 12.1. The second-order valence-corrected chi connectivity index (χ2v) is 12.7. The van der Waals surface area contributed by atoms with Gasteiger partial charge in [0, 0.05) is 6.42 Å². The molecule has 0 spiro atoms. The van der Waals surface area contributed by atoms with Gasteiger partial charge in [-0.15, -0.1) is 0 Å². The van der Waals surface area contributed by atoms with Gasteiger partial charge in [0.2, 0.25) is 0 Å². The van der Waals surface area contributed by atoms with E-state index in [1.807, 2.05) is 0 Å². The SMILES string of the molecule is O=S(=O)(O)C(F)(F)C(F)CCOc1c(C2CCCCC2)cc(C2CCCCC2)cc1C1CCCCC1. The van der Waals surface area contributed by atoms with Crippen LogP contribution in [-0.4, -0.2) is 31.0 Å². The molecule has 1 aromatic rings. The molecule has 0 aromatic heterocycles. The van der Waals surface area contributed by atoms with Gasteiger partial charge in [0.25, 0.3) is 0 Å². The Labute approximate surface area is 214 Å². The molecule has 0 heterocycles. The van der Waals surface area contributed by atoms with Crippen molar-refractivity contribution in [2.75, 3.05) is 6.61 Å². The summed E-state index contributed by atoms with van der Waals surface area (Å²) in [5.41, 5.74) is 3.63. The van der Waals surface area contributed by atoms with Gasteiger partial charge in [0.15, 0.2) is 6.17 Å². The average molecular weight is 531 g/mol. The fraction of sp³-hybridized carbons (Fsp3) is 0.786. The predicted octanol–water partition coefficient (Wildman–Crippen LogP) is 8.42. The first-order valence-corrected chi connectivity index (χ1v) is 15.4. The monoisotopic (exact) mass is 530 g/mol. The highest BCUT2D eigenvalue weighted by Gasteiger charge is 2.52. The molecule has 1 N–H and O–H groups in total. The van der Waals surface area contributed by atoms with E-state index >= 15 is 0 Å². The minimum atomic E-state index is -5.83. The molecular weight excluding hydrogens is 489 g/mol. The van der Waals surface area contributed by atoms with Gasteiger partial charge in [-0.3, -0.25) is 4.55 Å². The van der Waals surface area contributed by atoms with Crippen LogP contribution in [0.15, 0.2) is 12.1 Å². The van der Waals surface area contributed by atoms with Crippen molar-refractivity contribution < 1.29 is 30.9 Å². The summed E-state index contributed by atoms with van der Waals surface area (Å²) < 4.78 is 78.6. The summed E-state index contributed by atoms with van der Waals surface area (Å²) in [6, 6.07) is 4.57. The number of ether oxygens (including phenoxy) is 1. The third-order valence-corrected chi connectivity index (χ3v) is 9.61. The second-order valence-electron chi connectivity index (χ2n) is 11.2. The molecule has 0 bridgehead atoms. The van der Waals surface area contributed by atoms with Gasteiger partial charge < -0.3 is 4.74 Å². The molecule has 1 aromatic carbocycles. The quantitative estimate of drug-likeness (QED) is 0.326. The van der Waals surface area contributed by atoms with Crippen molar-refractivity contribution in [3.8, 4) is 5.75 Å². The van der Waals surface area contributed by atoms with Crippen LogP contribution in [0, 0.1) is 0 Å². The molecular formula is C28H41F3O4S. The minimum absolute atomic E-state index is 0.333. The number of rotatable bonds is 9. The normalized spacial score (nSPS) is 22.4. The van der Waals surface area contributed by atoms with Gasteiger partial charge in [0.1, 0.15) is 5.75 Å². The Balaban J connectivity index is 1.66. The molecule has 1 atom stereocenters. The van der Waals surface area contributed by atoms with Crippen LogP contribution >= 0.6 is 0 Å². The van der Waals surface area contributed by atoms with Gasteiger partial charge >= 0.3 is 15.4 Å². The van der Waals surface area contributed by atoms with Crippen molar-refractivity contribution in [1.82, 2.24) is 0 Å². The highest BCUT2D eigenvalue weighted by atomic mass is 32.2. The summed E-state index contributed by atoms with van der Waals surface area (Å²) in [5.74, 6) is 1.91. The van der Waals surface area contributed by atoms with E-state index in [0.29, 0.717) is 17.8 Å². The Morgan fingerprint density at radius 2 is 1.22 bits per heavy atom. The molecule has 3 aliphatic rings. The topological polar surface area (TPSA) is 63.6 Å². The predicted molar refractivity (Wildman–Crippen MR) is 135 cm³/mol. The number of hydrogen-bond donors (Lipinski definition) is 1. The van der Waals surface area contributed by atoms with Crippen molar-refractivity contribution in [2.45, 2.75) is 132 Å². The van der Waals surface area contributed by atoms with Crippen LogP contribution in [0.4, 0.5) is 13.2 Å². The van der Waals surface area contributed by atoms with E-state index in [0.717, 1.165) is 68.2 Å². The molecule has 0 radical (unpaired) electrons. The number of alkyl halides is 3. The van der Waals surface area contributed by atoms with Gasteiger partial charge in [-0.1, -0.05) is 69.9 Å². The maximum atomic E-state index is 14.2. The van der Waals surface area contributed by atoms with Crippen LogP contribution in [0.25, 0.3) is 0 Å². The number of benzene rings is 1. The zero-order chi connectivity index (χ0) is 25.8. The molecule has 0 saturated heterocycles. The summed E-state index contributed by atoms with van der Waals surface area (Å²) in [7, 11) is -5.83. The molecule has 36 heavy (non-hydrogen) atoms. The average Bonchev–Trinajstić information content (AvgIpc) is 2.89. The molecule has 4 rings (SSSR count).